The summed E-state index contributed by atoms with van der Waals surface area (Å²) in [5.74, 6) is -0.888. The zero-order valence-electron chi connectivity index (χ0n) is 32.7. The minimum absolute atomic E-state index is 0.261. The predicted molar refractivity (Wildman–Crippen MR) is 239 cm³/mol. The molecule has 0 aliphatic carbocycles. The van der Waals surface area contributed by atoms with Gasteiger partial charge in [-0.3, -0.25) is 9.59 Å². The lowest BCUT2D eigenvalue weighted by Crippen LogP contribution is -2.30. The summed E-state index contributed by atoms with van der Waals surface area (Å²) in [5, 5.41) is 40.7. The van der Waals surface area contributed by atoms with Gasteiger partial charge in [0.25, 0.3) is 11.8 Å². The van der Waals surface area contributed by atoms with Gasteiger partial charge in [-0.25, -0.2) is 4.90 Å². The van der Waals surface area contributed by atoms with Crippen molar-refractivity contribution in [2.45, 2.75) is 0 Å². The maximum atomic E-state index is 15.0. The van der Waals surface area contributed by atoms with Crippen LogP contribution in [-0.2, 0) is 0 Å². The number of fused-ring (bicyclic) bond motifs is 4. The molecule has 10 rings (SSSR count). The molecular formula is C54H28N6O2. The average Bonchev–Trinajstić information content (AvgIpc) is 3.80. The van der Waals surface area contributed by atoms with E-state index in [9.17, 15) is 25.8 Å². The third-order valence-corrected chi connectivity index (χ3v) is 11.4. The molecule has 0 saturated carbocycles. The van der Waals surface area contributed by atoms with Crippen LogP contribution < -0.4 is 4.90 Å². The molecule has 0 unspecified atom stereocenters. The number of imide groups is 1. The van der Waals surface area contributed by atoms with Crippen molar-refractivity contribution in [1.29, 1.82) is 21.0 Å². The molecule has 286 valence electrons. The Balaban J connectivity index is 1.18. The summed E-state index contributed by atoms with van der Waals surface area (Å²) in [5.41, 5.74) is 10.9. The van der Waals surface area contributed by atoms with Crippen LogP contribution in [0.15, 0.2) is 170 Å². The quantitative estimate of drug-likeness (QED) is 0.154. The molecule has 0 N–H and O–H groups in total. The number of carbonyl (C=O) groups is 2. The van der Waals surface area contributed by atoms with Crippen molar-refractivity contribution in [3.63, 3.8) is 0 Å². The Labute approximate surface area is 355 Å². The number of anilines is 1. The highest BCUT2D eigenvalue weighted by atomic mass is 16.2. The van der Waals surface area contributed by atoms with E-state index in [4.69, 9.17) is 0 Å². The van der Waals surface area contributed by atoms with E-state index in [1.165, 1.54) is 4.90 Å². The molecule has 0 saturated heterocycles. The van der Waals surface area contributed by atoms with Crippen LogP contribution in [-0.4, -0.2) is 16.4 Å². The Bertz CT molecular complexity index is 3360. The Morgan fingerprint density at radius 1 is 0.355 bits per heavy atom. The monoisotopic (exact) mass is 792 g/mol. The van der Waals surface area contributed by atoms with E-state index in [2.05, 4.69) is 24.3 Å². The number of nitrogens with zero attached hydrogens (tertiary/aromatic N) is 6. The Morgan fingerprint density at radius 2 is 0.839 bits per heavy atom. The van der Waals surface area contributed by atoms with E-state index in [1.807, 2.05) is 126 Å². The SMILES string of the molecule is N#Cc1cc(C#N)cc(-c2ccc3c(c2)c2cc(-c4cc(C#N)cc(C#N)c4)ccc2n3-c2cccc3c2C(=O)N(c2ccc(-c4ccccc4)cc2-c2ccccc2)C3=O)c1. The van der Waals surface area contributed by atoms with Crippen LogP contribution in [0.4, 0.5) is 5.69 Å². The fourth-order valence-electron chi connectivity index (χ4n) is 8.55. The fourth-order valence-corrected chi connectivity index (χ4v) is 8.55. The maximum absolute atomic E-state index is 15.0. The van der Waals surface area contributed by atoms with E-state index >= 15 is 4.79 Å². The minimum Gasteiger partial charge on any atom is -0.308 e. The van der Waals surface area contributed by atoms with Gasteiger partial charge in [-0.05, 0) is 124 Å². The molecule has 8 nitrogen and oxygen atoms in total. The second-order valence-electron chi connectivity index (χ2n) is 15.0. The molecule has 1 aliphatic rings. The third kappa shape index (κ3) is 6.05. The van der Waals surface area contributed by atoms with Crippen LogP contribution >= 0.6 is 0 Å². The van der Waals surface area contributed by atoms with Crippen molar-refractivity contribution in [1.82, 2.24) is 4.57 Å². The van der Waals surface area contributed by atoms with Gasteiger partial charge in [-0.1, -0.05) is 84.9 Å². The van der Waals surface area contributed by atoms with Crippen molar-refractivity contribution in [3.8, 4) is 74.5 Å². The Kier molecular flexibility index (Phi) is 8.82. The zero-order chi connectivity index (χ0) is 42.5. The highest BCUT2D eigenvalue weighted by molar-refractivity contribution is 6.36. The van der Waals surface area contributed by atoms with Gasteiger partial charge in [0.2, 0.25) is 0 Å². The van der Waals surface area contributed by atoms with E-state index in [0.29, 0.717) is 44.8 Å². The highest BCUT2D eigenvalue weighted by Gasteiger charge is 2.40. The van der Waals surface area contributed by atoms with Crippen LogP contribution in [0, 0.1) is 45.3 Å². The van der Waals surface area contributed by atoms with Crippen LogP contribution in [0.3, 0.4) is 0 Å². The molecular weight excluding hydrogens is 765 g/mol. The Hall–Kier alpha value is -9.34. The van der Waals surface area contributed by atoms with Crippen LogP contribution in [0.2, 0.25) is 0 Å². The van der Waals surface area contributed by atoms with Gasteiger partial charge in [0.15, 0.2) is 0 Å². The van der Waals surface area contributed by atoms with Crippen molar-refractivity contribution in [3.05, 3.63) is 203 Å². The van der Waals surface area contributed by atoms with Crippen LogP contribution in [0.5, 0.6) is 0 Å². The Morgan fingerprint density at radius 3 is 1.35 bits per heavy atom. The highest BCUT2D eigenvalue weighted by Crippen LogP contribution is 2.43. The molecule has 0 fully saturated rings. The van der Waals surface area contributed by atoms with Crippen molar-refractivity contribution in [2.24, 2.45) is 0 Å². The summed E-state index contributed by atoms with van der Waals surface area (Å²) in [6.07, 6.45) is 0. The first-order chi connectivity index (χ1) is 30.4. The molecule has 2 amide bonds. The second-order valence-corrected chi connectivity index (χ2v) is 15.0. The smallest absolute Gasteiger partial charge is 0.268 e. The van der Waals surface area contributed by atoms with E-state index in [1.54, 1.807) is 48.5 Å². The summed E-state index contributed by atoms with van der Waals surface area (Å²) in [6, 6.07) is 61.1. The van der Waals surface area contributed by atoms with Gasteiger partial charge in [-0.15, -0.1) is 0 Å². The van der Waals surface area contributed by atoms with Gasteiger partial charge >= 0.3 is 0 Å². The summed E-state index contributed by atoms with van der Waals surface area (Å²) in [4.78, 5) is 30.9. The van der Waals surface area contributed by atoms with Gasteiger partial charge in [0, 0.05) is 16.3 Å². The maximum Gasteiger partial charge on any atom is 0.268 e. The fraction of sp³-hybridized carbons (Fsp3) is 0. The number of hydrogen-bond donors (Lipinski definition) is 0. The number of hydrogen-bond acceptors (Lipinski definition) is 6. The summed E-state index contributed by atoms with van der Waals surface area (Å²) >= 11 is 0. The first kappa shape index (κ1) is 37.0. The lowest BCUT2D eigenvalue weighted by atomic mass is 9.97. The third-order valence-electron chi connectivity index (χ3n) is 11.4. The molecule has 1 aliphatic heterocycles. The van der Waals surface area contributed by atoms with Gasteiger partial charge in [-0.2, -0.15) is 21.0 Å². The molecule has 0 bridgehead atoms. The number of nitriles is 4. The van der Waals surface area contributed by atoms with Crippen molar-refractivity contribution >= 4 is 39.3 Å². The van der Waals surface area contributed by atoms with E-state index in [-0.39, 0.29) is 11.1 Å². The summed E-state index contributed by atoms with van der Waals surface area (Å²) < 4.78 is 1.99. The second kappa shape index (κ2) is 14.8. The lowest BCUT2D eigenvalue weighted by Gasteiger charge is -2.20. The summed E-state index contributed by atoms with van der Waals surface area (Å²) in [7, 11) is 0. The molecule has 62 heavy (non-hydrogen) atoms. The van der Waals surface area contributed by atoms with E-state index in [0.717, 1.165) is 55.2 Å². The molecule has 2 heterocycles. The van der Waals surface area contributed by atoms with E-state index < -0.39 is 11.8 Å². The molecule has 9 aromatic rings. The average molecular weight is 793 g/mol. The lowest BCUT2D eigenvalue weighted by molar-refractivity contribution is 0.0926. The van der Waals surface area contributed by atoms with Gasteiger partial charge < -0.3 is 4.57 Å². The normalized spacial score (nSPS) is 11.8. The first-order valence-electron chi connectivity index (χ1n) is 19.6. The largest absolute Gasteiger partial charge is 0.308 e. The molecule has 0 atom stereocenters. The van der Waals surface area contributed by atoms with Gasteiger partial charge in [0.05, 0.1) is 80.1 Å². The molecule has 8 aromatic carbocycles. The molecule has 8 heteroatoms. The number of benzene rings is 8. The van der Waals surface area contributed by atoms with Crippen molar-refractivity contribution in [2.75, 3.05) is 4.90 Å². The number of rotatable bonds is 6. The predicted octanol–water partition coefficient (Wildman–Crippen LogP) is 11.7. The topological polar surface area (TPSA) is 137 Å². The summed E-state index contributed by atoms with van der Waals surface area (Å²) in [6.45, 7) is 0. The number of amides is 2. The standard InChI is InChI=1S/C54H28N6O2/c55-29-33-20-34(30-56)23-42(22-33)40-15-18-49-46(27-40)47-28-41(43-24-35(31-57)21-36(25-43)32-58)16-19-50(47)59(49)51-13-7-12-44-52(51)54(62)60(53(44)61)48-17-14-39(37-8-3-1-4-9-37)26-45(48)38-10-5-2-6-11-38/h1-28H. The number of aromatic nitrogens is 1. The van der Waals surface area contributed by atoms with Crippen LogP contribution in [0.25, 0.3) is 72.0 Å². The molecule has 0 spiro atoms. The molecule has 0 radical (unpaired) electrons. The zero-order valence-corrected chi connectivity index (χ0v) is 32.7. The van der Waals surface area contributed by atoms with Crippen LogP contribution in [0.1, 0.15) is 43.0 Å². The number of carbonyl (C=O) groups excluding carboxylic acids is 2. The van der Waals surface area contributed by atoms with Gasteiger partial charge in [0.1, 0.15) is 0 Å². The first-order valence-corrected chi connectivity index (χ1v) is 19.6. The molecule has 1 aromatic heterocycles. The minimum atomic E-state index is -0.455. The van der Waals surface area contributed by atoms with Crippen molar-refractivity contribution < 1.29 is 9.59 Å².